The number of benzene rings is 1. The second kappa shape index (κ2) is 4.47. The fourth-order valence-electron chi connectivity index (χ4n) is 1.64. The molecule has 16 heavy (non-hydrogen) atoms. The second-order valence-electron chi connectivity index (χ2n) is 3.70. The van der Waals surface area contributed by atoms with Gasteiger partial charge >= 0.3 is 0 Å². The van der Waals surface area contributed by atoms with Gasteiger partial charge in [0.1, 0.15) is 0 Å². The number of aliphatic hydroxyl groups is 1. The number of aryl methyl sites for hydroxylation is 1. The van der Waals surface area contributed by atoms with Crippen LogP contribution in [-0.4, -0.2) is 21.4 Å². The van der Waals surface area contributed by atoms with E-state index in [4.69, 9.17) is 5.73 Å². The Labute approximate surface area is 94.3 Å². The van der Waals surface area contributed by atoms with Crippen LogP contribution in [0.4, 0.5) is 0 Å². The summed E-state index contributed by atoms with van der Waals surface area (Å²) in [5.41, 5.74) is 8.00. The Balaban J connectivity index is 2.38. The van der Waals surface area contributed by atoms with Crippen LogP contribution in [0, 0.1) is 6.92 Å². The molecule has 0 bridgehead atoms. The van der Waals surface area contributed by atoms with Crippen LogP contribution in [0.25, 0.3) is 5.69 Å². The molecule has 2 rings (SSSR count). The van der Waals surface area contributed by atoms with Crippen LogP contribution in [0.5, 0.6) is 0 Å². The first-order valence-corrected chi connectivity index (χ1v) is 5.22. The van der Waals surface area contributed by atoms with Gasteiger partial charge in [0, 0.05) is 18.3 Å². The zero-order chi connectivity index (χ0) is 11.5. The summed E-state index contributed by atoms with van der Waals surface area (Å²) in [5, 5.41) is 14.0. The topological polar surface area (TPSA) is 64.1 Å². The van der Waals surface area contributed by atoms with E-state index in [2.05, 4.69) is 5.10 Å². The number of aliphatic hydroxyl groups excluding tert-OH is 1. The van der Waals surface area contributed by atoms with Crippen LogP contribution in [-0.2, 0) is 0 Å². The van der Waals surface area contributed by atoms with Gasteiger partial charge in [0.25, 0.3) is 0 Å². The molecule has 0 amide bonds. The van der Waals surface area contributed by atoms with Gasteiger partial charge < -0.3 is 10.8 Å². The first kappa shape index (κ1) is 10.9. The van der Waals surface area contributed by atoms with Crippen LogP contribution in [0.15, 0.2) is 36.5 Å². The predicted octanol–water partition coefficient (Wildman–Crippen LogP) is 1.17. The minimum absolute atomic E-state index is 0.210. The molecular weight excluding hydrogens is 202 g/mol. The first-order chi connectivity index (χ1) is 7.72. The van der Waals surface area contributed by atoms with Crippen LogP contribution >= 0.6 is 0 Å². The van der Waals surface area contributed by atoms with Crippen LogP contribution in [0.1, 0.15) is 17.4 Å². The summed E-state index contributed by atoms with van der Waals surface area (Å²) in [6.45, 7) is 2.08. The molecule has 1 heterocycles. The number of nitrogens with zero attached hydrogens (tertiary/aromatic N) is 2. The largest absolute Gasteiger partial charge is 0.387 e. The average molecular weight is 217 g/mol. The molecule has 0 spiro atoms. The highest BCUT2D eigenvalue weighted by Gasteiger charge is 2.12. The van der Waals surface area contributed by atoms with Gasteiger partial charge in [0.2, 0.25) is 0 Å². The molecule has 0 radical (unpaired) electrons. The third-order valence-electron chi connectivity index (χ3n) is 2.54. The van der Waals surface area contributed by atoms with Gasteiger partial charge in [-0.15, -0.1) is 0 Å². The molecule has 84 valence electrons. The van der Waals surface area contributed by atoms with Crippen LogP contribution < -0.4 is 5.73 Å². The predicted molar refractivity (Wildman–Crippen MR) is 62.3 cm³/mol. The van der Waals surface area contributed by atoms with E-state index < -0.39 is 6.10 Å². The number of hydrogen-bond donors (Lipinski definition) is 2. The molecule has 1 atom stereocenters. The summed E-state index contributed by atoms with van der Waals surface area (Å²) in [6, 6.07) is 9.78. The molecule has 0 aliphatic carbocycles. The van der Waals surface area contributed by atoms with E-state index in [1.807, 2.05) is 43.5 Å². The zero-order valence-electron chi connectivity index (χ0n) is 9.17. The zero-order valence-corrected chi connectivity index (χ0v) is 9.17. The van der Waals surface area contributed by atoms with Crippen molar-refractivity contribution in [3.05, 3.63) is 47.8 Å². The van der Waals surface area contributed by atoms with Crippen molar-refractivity contribution >= 4 is 0 Å². The summed E-state index contributed by atoms with van der Waals surface area (Å²) in [7, 11) is 0. The minimum atomic E-state index is -0.641. The van der Waals surface area contributed by atoms with E-state index >= 15 is 0 Å². The fourth-order valence-corrected chi connectivity index (χ4v) is 1.64. The minimum Gasteiger partial charge on any atom is -0.387 e. The highest BCUT2D eigenvalue weighted by atomic mass is 16.3. The van der Waals surface area contributed by atoms with E-state index in [9.17, 15) is 5.11 Å². The quantitative estimate of drug-likeness (QED) is 0.811. The lowest BCUT2D eigenvalue weighted by Crippen LogP contribution is -2.11. The molecule has 1 unspecified atom stereocenters. The first-order valence-electron chi connectivity index (χ1n) is 5.22. The monoisotopic (exact) mass is 217 g/mol. The molecule has 0 saturated heterocycles. The summed E-state index contributed by atoms with van der Waals surface area (Å²) < 4.78 is 1.75. The third kappa shape index (κ3) is 1.98. The van der Waals surface area contributed by atoms with Gasteiger partial charge in [-0.25, -0.2) is 4.68 Å². The normalized spacial score (nSPS) is 12.7. The second-order valence-corrected chi connectivity index (χ2v) is 3.70. The molecule has 1 aromatic carbocycles. The summed E-state index contributed by atoms with van der Waals surface area (Å²) in [6.07, 6.45) is 1.18. The molecule has 1 aromatic heterocycles. The van der Waals surface area contributed by atoms with Crippen molar-refractivity contribution in [1.29, 1.82) is 0 Å². The Morgan fingerprint density at radius 1 is 1.38 bits per heavy atom. The smallest absolute Gasteiger partial charge is 0.0945 e. The van der Waals surface area contributed by atoms with E-state index in [0.29, 0.717) is 0 Å². The highest BCUT2D eigenvalue weighted by molar-refractivity contribution is 5.33. The van der Waals surface area contributed by atoms with Crippen molar-refractivity contribution in [2.45, 2.75) is 13.0 Å². The maximum absolute atomic E-state index is 9.69. The number of rotatable bonds is 3. The number of nitrogens with two attached hydrogens (primary N) is 1. The fraction of sp³-hybridized carbons (Fsp3) is 0.250. The number of aromatic nitrogens is 2. The van der Waals surface area contributed by atoms with Crippen molar-refractivity contribution in [2.75, 3.05) is 6.54 Å². The van der Waals surface area contributed by atoms with Gasteiger partial charge in [-0.3, -0.25) is 0 Å². The molecule has 0 fully saturated rings. The molecule has 3 N–H and O–H groups in total. The molecule has 0 saturated carbocycles. The number of hydrogen-bond acceptors (Lipinski definition) is 3. The van der Waals surface area contributed by atoms with Gasteiger partial charge in [-0.2, -0.15) is 5.10 Å². The SMILES string of the molecule is Cc1nn(-c2ccccc2)cc1C(O)CN. The van der Waals surface area contributed by atoms with Gasteiger partial charge in [0.15, 0.2) is 0 Å². The average Bonchev–Trinajstić information content (AvgIpc) is 2.71. The van der Waals surface area contributed by atoms with Crippen LogP contribution in [0.2, 0.25) is 0 Å². The van der Waals surface area contributed by atoms with E-state index in [1.54, 1.807) is 4.68 Å². The van der Waals surface area contributed by atoms with E-state index in [-0.39, 0.29) is 6.54 Å². The summed E-state index contributed by atoms with van der Waals surface area (Å²) >= 11 is 0. The van der Waals surface area contributed by atoms with Crippen molar-refractivity contribution in [3.8, 4) is 5.69 Å². The molecular formula is C12H15N3O. The Bertz CT molecular complexity index is 464. The Kier molecular flexibility index (Phi) is 3.03. The lowest BCUT2D eigenvalue weighted by molar-refractivity contribution is 0.186. The Hall–Kier alpha value is -1.65. The molecule has 0 aliphatic rings. The number of para-hydroxylation sites is 1. The van der Waals surface area contributed by atoms with Gasteiger partial charge in [-0.1, -0.05) is 18.2 Å². The molecule has 2 aromatic rings. The van der Waals surface area contributed by atoms with E-state index in [0.717, 1.165) is 16.9 Å². The maximum Gasteiger partial charge on any atom is 0.0945 e. The molecule has 4 nitrogen and oxygen atoms in total. The highest BCUT2D eigenvalue weighted by Crippen LogP contribution is 2.17. The lowest BCUT2D eigenvalue weighted by Gasteiger charge is -2.04. The third-order valence-corrected chi connectivity index (χ3v) is 2.54. The van der Waals surface area contributed by atoms with E-state index in [1.165, 1.54) is 0 Å². The standard InChI is InChI=1S/C12H15N3O/c1-9-11(12(16)7-13)8-15(14-9)10-5-3-2-4-6-10/h2-6,8,12,16H,7,13H2,1H3. The summed E-state index contributed by atoms with van der Waals surface area (Å²) in [4.78, 5) is 0. The lowest BCUT2D eigenvalue weighted by atomic mass is 10.1. The van der Waals surface area contributed by atoms with Gasteiger partial charge in [-0.05, 0) is 19.1 Å². The van der Waals surface area contributed by atoms with Crippen molar-refractivity contribution in [2.24, 2.45) is 5.73 Å². The Morgan fingerprint density at radius 2 is 2.06 bits per heavy atom. The van der Waals surface area contributed by atoms with Crippen molar-refractivity contribution < 1.29 is 5.11 Å². The summed E-state index contributed by atoms with van der Waals surface area (Å²) in [5.74, 6) is 0. The molecule has 0 aliphatic heterocycles. The maximum atomic E-state index is 9.69. The van der Waals surface area contributed by atoms with Crippen molar-refractivity contribution in [3.63, 3.8) is 0 Å². The van der Waals surface area contributed by atoms with Crippen LogP contribution in [0.3, 0.4) is 0 Å². The Morgan fingerprint density at radius 3 is 2.69 bits per heavy atom. The van der Waals surface area contributed by atoms with Crippen molar-refractivity contribution in [1.82, 2.24) is 9.78 Å². The van der Waals surface area contributed by atoms with Gasteiger partial charge in [0.05, 0.1) is 17.5 Å². The molecule has 4 heteroatoms.